The number of halogens is 3. The predicted octanol–water partition coefficient (Wildman–Crippen LogP) is 1.34. The van der Waals surface area contributed by atoms with Crippen LogP contribution in [0.25, 0.3) is 0 Å². The van der Waals surface area contributed by atoms with Gasteiger partial charge in [-0.2, -0.15) is 13.2 Å². The van der Waals surface area contributed by atoms with Crippen molar-refractivity contribution in [2.24, 2.45) is 4.99 Å². The van der Waals surface area contributed by atoms with Crippen LogP contribution in [0.4, 0.5) is 13.2 Å². The summed E-state index contributed by atoms with van der Waals surface area (Å²) in [4.78, 5) is 5.76. The van der Waals surface area contributed by atoms with Gasteiger partial charge in [0, 0.05) is 31.7 Å². The van der Waals surface area contributed by atoms with Gasteiger partial charge in [0.05, 0.1) is 6.54 Å². The van der Waals surface area contributed by atoms with Crippen molar-refractivity contribution in [3.63, 3.8) is 0 Å². The van der Waals surface area contributed by atoms with Crippen LogP contribution in [-0.2, 0) is 0 Å². The number of hydrogen-bond donors (Lipinski definition) is 2. The van der Waals surface area contributed by atoms with Gasteiger partial charge in [-0.25, -0.2) is 0 Å². The first-order valence-electron chi connectivity index (χ1n) is 6.83. The normalized spacial score (nSPS) is 25.7. The van der Waals surface area contributed by atoms with Crippen molar-refractivity contribution in [2.75, 3.05) is 26.2 Å². The molecular formula is C12H21F3N4. The first-order valence-corrected chi connectivity index (χ1v) is 6.83. The van der Waals surface area contributed by atoms with E-state index in [9.17, 15) is 13.2 Å². The minimum Gasteiger partial charge on any atom is -0.354 e. The van der Waals surface area contributed by atoms with Crippen molar-refractivity contribution < 1.29 is 13.2 Å². The van der Waals surface area contributed by atoms with E-state index in [4.69, 9.17) is 0 Å². The van der Waals surface area contributed by atoms with E-state index >= 15 is 0 Å². The second kappa shape index (κ2) is 5.98. The zero-order valence-corrected chi connectivity index (χ0v) is 11.1. The van der Waals surface area contributed by atoms with Crippen molar-refractivity contribution in [2.45, 2.75) is 44.4 Å². The van der Waals surface area contributed by atoms with E-state index in [0.717, 1.165) is 25.2 Å². The van der Waals surface area contributed by atoms with Gasteiger partial charge in [-0.1, -0.05) is 0 Å². The molecule has 1 aliphatic heterocycles. The maximum Gasteiger partial charge on any atom is 0.401 e. The third-order valence-corrected chi connectivity index (χ3v) is 3.25. The topological polar surface area (TPSA) is 39.7 Å². The van der Waals surface area contributed by atoms with Gasteiger partial charge in [-0.15, -0.1) is 0 Å². The van der Waals surface area contributed by atoms with Crippen molar-refractivity contribution >= 4 is 5.96 Å². The molecule has 1 aliphatic carbocycles. The van der Waals surface area contributed by atoms with E-state index in [0.29, 0.717) is 25.7 Å². The number of guanidine groups is 1. The van der Waals surface area contributed by atoms with Crippen LogP contribution in [0.3, 0.4) is 0 Å². The van der Waals surface area contributed by atoms with E-state index < -0.39 is 12.7 Å². The lowest BCUT2D eigenvalue weighted by atomic mass is 10.3. The summed E-state index contributed by atoms with van der Waals surface area (Å²) in [6.45, 7) is 2.71. The molecule has 1 saturated carbocycles. The lowest BCUT2D eigenvalue weighted by Crippen LogP contribution is -2.46. The Balaban J connectivity index is 1.77. The fourth-order valence-corrected chi connectivity index (χ4v) is 2.25. The fourth-order valence-electron chi connectivity index (χ4n) is 2.25. The molecule has 0 spiro atoms. The van der Waals surface area contributed by atoms with Gasteiger partial charge in [0.25, 0.3) is 0 Å². The standard InChI is InChI=1S/C12H21F3N4/c1-2-16-11(17-9-3-4-9)18-10-5-6-19(7-10)8-12(13,14)15/h9-10H,2-8H2,1H3,(H2,16,17,18). The lowest BCUT2D eigenvalue weighted by molar-refractivity contribution is -0.143. The lowest BCUT2D eigenvalue weighted by Gasteiger charge is -2.19. The van der Waals surface area contributed by atoms with E-state index in [1.54, 1.807) is 0 Å². The molecule has 7 heteroatoms. The zero-order chi connectivity index (χ0) is 13.9. The van der Waals surface area contributed by atoms with E-state index in [1.165, 1.54) is 4.90 Å². The summed E-state index contributed by atoms with van der Waals surface area (Å²) in [5.41, 5.74) is 0. The average molecular weight is 278 g/mol. The van der Waals surface area contributed by atoms with Crippen LogP contribution in [-0.4, -0.2) is 55.3 Å². The number of nitrogens with zero attached hydrogens (tertiary/aromatic N) is 2. The van der Waals surface area contributed by atoms with Crippen molar-refractivity contribution in [3.05, 3.63) is 0 Å². The summed E-state index contributed by atoms with van der Waals surface area (Å²) in [6.07, 6.45) is -1.09. The Kier molecular flexibility index (Phi) is 4.54. The van der Waals surface area contributed by atoms with Gasteiger partial charge in [-0.05, 0) is 26.2 Å². The smallest absolute Gasteiger partial charge is 0.354 e. The number of rotatable bonds is 4. The molecule has 2 fully saturated rings. The molecule has 0 aromatic rings. The van der Waals surface area contributed by atoms with Gasteiger partial charge < -0.3 is 10.6 Å². The summed E-state index contributed by atoms with van der Waals surface area (Å²) >= 11 is 0. The van der Waals surface area contributed by atoms with Crippen LogP contribution in [0.5, 0.6) is 0 Å². The van der Waals surface area contributed by atoms with Gasteiger partial charge in [0.2, 0.25) is 0 Å². The highest BCUT2D eigenvalue weighted by Crippen LogP contribution is 2.20. The molecule has 2 rings (SSSR count). The Labute approximate surface area is 111 Å². The first-order chi connectivity index (χ1) is 8.96. The number of aliphatic imine (C=N–C) groups is 1. The summed E-state index contributed by atoms with van der Waals surface area (Å²) in [5.74, 6) is 0.740. The minimum atomic E-state index is -4.11. The van der Waals surface area contributed by atoms with E-state index in [1.807, 2.05) is 6.92 Å². The van der Waals surface area contributed by atoms with E-state index in [-0.39, 0.29) is 6.04 Å². The zero-order valence-electron chi connectivity index (χ0n) is 11.1. The van der Waals surface area contributed by atoms with Crippen LogP contribution in [0.1, 0.15) is 26.2 Å². The van der Waals surface area contributed by atoms with Crippen molar-refractivity contribution in [1.29, 1.82) is 0 Å². The molecule has 2 aliphatic rings. The predicted molar refractivity (Wildman–Crippen MR) is 68.2 cm³/mol. The second-order valence-electron chi connectivity index (χ2n) is 5.22. The second-order valence-corrected chi connectivity index (χ2v) is 5.22. The Morgan fingerprint density at radius 2 is 1.89 bits per heavy atom. The number of likely N-dealkylation sites (tertiary alicyclic amines) is 1. The fraction of sp³-hybridized carbons (Fsp3) is 0.917. The maximum absolute atomic E-state index is 12.3. The monoisotopic (exact) mass is 278 g/mol. The van der Waals surface area contributed by atoms with E-state index in [2.05, 4.69) is 15.6 Å². The SMILES string of the molecule is CCN=C(NC1CC1)NC1CCN(CC(F)(F)F)C1. The largest absolute Gasteiger partial charge is 0.401 e. The summed E-state index contributed by atoms with van der Waals surface area (Å²) in [5, 5.41) is 6.51. The van der Waals surface area contributed by atoms with Crippen molar-refractivity contribution in [3.8, 4) is 0 Å². The Bertz CT molecular complexity index is 325. The molecule has 0 radical (unpaired) electrons. The maximum atomic E-state index is 12.3. The Morgan fingerprint density at radius 1 is 1.21 bits per heavy atom. The van der Waals surface area contributed by atoms with Crippen LogP contribution in [0, 0.1) is 0 Å². The van der Waals surface area contributed by atoms with Crippen LogP contribution in [0.15, 0.2) is 4.99 Å². The number of nitrogens with one attached hydrogen (secondary N) is 2. The van der Waals surface area contributed by atoms with Crippen LogP contribution in [0.2, 0.25) is 0 Å². The van der Waals surface area contributed by atoms with Gasteiger partial charge in [0.1, 0.15) is 0 Å². The molecule has 0 amide bonds. The Hall–Kier alpha value is -0.980. The summed E-state index contributed by atoms with van der Waals surface area (Å²) < 4.78 is 36.9. The van der Waals surface area contributed by atoms with Crippen LogP contribution >= 0.6 is 0 Å². The molecule has 0 aromatic heterocycles. The molecule has 4 nitrogen and oxygen atoms in total. The highest BCUT2D eigenvalue weighted by molar-refractivity contribution is 5.80. The van der Waals surface area contributed by atoms with Gasteiger partial charge in [0.15, 0.2) is 5.96 Å². The molecule has 1 saturated heterocycles. The number of hydrogen-bond acceptors (Lipinski definition) is 2. The number of alkyl halides is 3. The molecule has 19 heavy (non-hydrogen) atoms. The molecule has 2 N–H and O–H groups in total. The highest BCUT2D eigenvalue weighted by atomic mass is 19.4. The van der Waals surface area contributed by atoms with Gasteiger partial charge in [-0.3, -0.25) is 9.89 Å². The molecule has 0 bridgehead atoms. The molecule has 1 atom stereocenters. The average Bonchev–Trinajstić information content (AvgIpc) is 2.98. The highest BCUT2D eigenvalue weighted by Gasteiger charge is 2.34. The molecule has 110 valence electrons. The third-order valence-electron chi connectivity index (χ3n) is 3.25. The first kappa shape index (κ1) is 14.4. The quantitative estimate of drug-likeness (QED) is 0.602. The Morgan fingerprint density at radius 3 is 2.47 bits per heavy atom. The molecular weight excluding hydrogens is 257 g/mol. The molecule has 1 unspecified atom stereocenters. The van der Waals surface area contributed by atoms with Crippen molar-refractivity contribution in [1.82, 2.24) is 15.5 Å². The summed E-state index contributed by atoms with van der Waals surface area (Å²) in [6, 6.07) is 0.546. The summed E-state index contributed by atoms with van der Waals surface area (Å²) in [7, 11) is 0. The third kappa shape index (κ3) is 5.26. The van der Waals surface area contributed by atoms with Crippen LogP contribution < -0.4 is 10.6 Å². The molecule has 0 aromatic carbocycles. The minimum absolute atomic E-state index is 0.0545. The molecule has 1 heterocycles. The van der Waals surface area contributed by atoms with Gasteiger partial charge >= 0.3 is 6.18 Å².